The second-order valence-corrected chi connectivity index (χ2v) is 8.33. The summed E-state index contributed by atoms with van der Waals surface area (Å²) in [5.41, 5.74) is 3.76. The van der Waals surface area contributed by atoms with Crippen LogP contribution in [-0.4, -0.2) is 47.9 Å². The van der Waals surface area contributed by atoms with Crippen molar-refractivity contribution in [2.24, 2.45) is 0 Å². The molecule has 1 unspecified atom stereocenters. The largest absolute Gasteiger partial charge is 0.351 e. The molecule has 1 N–H and O–H groups in total. The third kappa shape index (κ3) is 4.89. The van der Waals surface area contributed by atoms with E-state index in [2.05, 4.69) is 88.8 Å². The Morgan fingerprint density at radius 1 is 0.933 bits per heavy atom. The van der Waals surface area contributed by atoms with Crippen molar-refractivity contribution in [1.29, 1.82) is 0 Å². The minimum atomic E-state index is -0.102. The Labute approximate surface area is 179 Å². The van der Waals surface area contributed by atoms with Crippen molar-refractivity contribution in [3.8, 4) is 0 Å². The molecule has 1 fully saturated rings. The fourth-order valence-electron chi connectivity index (χ4n) is 4.19. The van der Waals surface area contributed by atoms with Crippen LogP contribution >= 0.6 is 0 Å². The van der Waals surface area contributed by atoms with Gasteiger partial charge in [0.1, 0.15) is 0 Å². The highest BCUT2D eigenvalue weighted by molar-refractivity contribution is 5.85. The smallest absolute Gasteiger partial charge is 0.237 e. The predicted octanol–water partition coefficient (Wildman–Crippen LogP) is 3.97. The standard InChI is InChI=1S/C26H31N3O/c1-20-10-12-22(13-11-20)18-27-26(30)21(2)29-16-14-28(15-17-29)19-24-8-5-7-23-6-3-4-9-25(23)24/h3-13,21H,14-19H2,1-2H3,(H,27,30). The van der Waals surface area contributed by atoms with Crippen LogP contribution in [0.4, 0.5) is 0 Å². The lowest BCUT2D eigenvalue weighted by Crippen LogP contribution is -2.53. The van der Waals surface area contributed by atoms with Gasteiger partial charge in [-0.3, -0.25) is 14.6 Å². The highest BCUT2D eigenvalue weighted by atomic mass is 16.2. The summed E-state index contributed by atoms with van der Waals surface area (Å²) in [6, 6.07) is 23.4. The summed E-state index contributed by atoms with van der Waals surface area (Å²) >= 11 is 0. The first kappa shape index (κ1) is 20.6. The second kappa shape index (κ2) is 9.41. The number of carbonyl (C=O) groups excluding carboxylic acids is 1. The first-order chi connectivity index (χ1) is 14.6. The predicted molar refractivity (Wildman–Crippen MR) is 123 cm³/mol. The number of hydrogen-bond acceptors (Lipinski definition) is 3. The van der Waals surface area contributed by atoms with Gasteiger partial charge in [0.15, 0.2) is 0 Å². The van der Waals surface area contributed by atoms with Crippen LogP contribution in [0.2, 0.25) is 0 Å². The molecule has 1 atom stereocenters. The summed E-state index contributed by atoms with van der Waals surface area (Å²) in [4.78, 5) is 17.4. The number of rotatable bonds is 6. The van der Waals surface area contributed by atoms with Crippen molar-refractivity contribution >= 4 is 16.7 Å². The minimum Gasteiger partial charge on any atom is -0.351 e. The van der Waals surface area contributed by atoms with Crippen molar-refractivity contribution in [1.82, 2.24) is 15.1 Å². The van der Waals surface area contributed by atoms with E-state index in [-0.39, 0.29) is 11.9 Å². The van der Waals surface area contributed by atoms with Crippen LogP contribution in [0.1, 0.15) is 23.6 Å². The van der Waals surface area contributed by atoms with Gasteiger partial charge >= 0.3 is 0 Å². The molecule has 1 heterocycles. The summed E-state index contributed by atoms with van der Waals surface area (Å²) in [6.45, 7) is 9.45. The van der Waals surface area contributed by atoms with Crippen LogP contribution in [0.25, 0.3) is 10.8 Å². The van der Waals surface area contributed by atoms with E-state index >= 15 is 0 Å². The molecule has 3 aromatic carbocycles. The van der Waals surface area contributed by atoms with Gasteiger partial charge in [0.2, 0.25) is 5.91 Å². The molecule has 0 saturated carbocycles. The van der Waals surface area contributed by atoms with Crippen molar-refractivity contribution in [3.63, 3.8) is 0 Å². The van der Waals surface area contributed by atoms with Gasteiger partial charge in [-0.1, -0.05) is 72.3 Å². The molecule has 4 nitrogen and oxygen atoms in total. The van der Waals surface area contributed by atoms with Gasteiger partial charge in [-0.05, 0) is 35.7 Å². The van der Waals surface area contributed by atoms with Gasteiger partial charge in [-0.25, -0.2) is 0 Å². The van der Waals surface area contributed by atoms with Gasteiger partial charge in [0.25, 0.3) is 0 Å². The lowest BCUT2D eigenvalue weighted by molar-refractivity contribution is -0.126. The van der Waals surface area contributed by atoms with E-state index in [0.717, 1.165) is 38.3 Å². The Morgan fingerprint density at radius 2 is 1.63 bits per heavy atom. The Morgan fingerprint density at radius 3 is 2.40 bits per heavy atom. The van der Waals surface area contributed by atoms with Crippen LogP contribution in [0.15, 0.2) is 66.7 Å². The van der Waals surface area contributed by atoms with Crippen LogP contribution in [0.3, 0.4) is 0 Å². The van der Waals surface area contributed by atoms with Gasteiger partial charge in [-0.2, -0.15) is 0 Å². The zero-order valence-corrected chi connectivity index (χ0v) is 18.0. The van der Waals surface area contributed by atoms with E-state index in [1.165, 1.54) is 21.9 Å². The second-order valence-electron chi connectivity index (χ2n) is 8.33. The molecule has 1 aliphatic heterocycles. The topological polar surface area (TPSA) is 35.6 Å². The number of benzene rings is 3. The van der Waals surface area contributed by atoms with Gasteiger partial charge in [-0.15, -0.1) is 0 Å². The van der Waals surface area contributed by atoms with Gasteiger partial charge < -0.3 is 5.32 Å². The van der Waals surface area contributed by atoms with E-state index in [1.54, 1.807) is 0 Å². The number of fused-ring (bicyclic) bond motifs is 1. The lowest BCUT2D eigenvalue weighted by atomic mass is 10.0. The minimum absolute atomic E-state index is 0.102. The maximum Gasteiger partial charge on any atom is 0.237 e. The molecule has 4 heteroatoms. The van der Waals surface area contributed by atoms with Crippen LogP contribution < -0.4 is 5.32 Å². The molecule has 1 saturated heterocycles. The van der Waals surface area contributed by atoms with Gasteiger partial charge in [0, 0.05) is 39.3 Å². The molecule has 0 aliphatic carbocycles. The average molecular weight is 402 g/mol. The summed E-state index contributed by atoms with van der Waals surface area (Å²) in [5.74, 6) is 0.109. The van der Waals surface area contributed by atoms with E-state index in [1.807, 2.05) is 6.92 Å². The average Bonchev–Trinajstić information content (AvgIpc) is 2.79. The van der Waals surface area contributed by atoms with E-state index in [4.69, 9.17) is 0 Å². The molecule has 3 aromatic rings. The zero-order valence-electron chi connectivity index (χ0n) is 18.0. The third-order valence-corrected chi connectivity index (χ3v) is 6.20. The van der Waals surface area contributed by atoms with Crippen LogP contribution in [0.5, 0.6) is 0 Å². The summed E-state index contributed by atoms with van der Waals surface area (Å²) in [7, 11) is 0. The molecule has 156 valence electrons. The zero-order chi connectivity index (χ0) is 20.9. The van der Waals surface area contributed by atoms with Gasteiger partial charge in [0.05, 0.1) is 6.04 Å². The number of piperazine rings is 1. The third-order valence-electron chi connectivity index (χ3n) is 6.20. The Kier molecular flexibility index (Phi) is 6.46. The van der Waals surface area contributed by atoms with E-state index in [9.17, 15) is 4.79 Å². The monoisotopic (exact) mass is 401 g/mol. The number of carbonyl (C=O) groups is 1. The normalized spacial score (nSPS) is 16.5. The maximum absolute atomic E-state index is 12.6. The highest BCUT2D eigenvalue weighted by Crippen LogP contribution is 2.21. The molecule has 0 bridgehead atoms. The summed E-state index contributed by atoms with van der Waals surface area (Å²) in [6.07, 6.45) is 0. The number of nitrogens with zero attached hydrogens (tertiary/aromatic N) is 2. The van der Waals surface area contributed by atoms with Crippen LogP contribution in [-0.2, 0) is 17.9 Å². The number of amides is 1. The highest BCUT2D eigenvalue weighted by Gasteiger charge is 2.25. The SMILES string of the molecule is Cc1ccc(CNC(=O)C(C)N2CCN(Cc3cccc4ccccc34)CC2)cc1. The van der Waals surface area contributed by atoms with E-state index in [0.29, 0.717) is 6.54 Å². The molecule has 0 radical (unpaired) electrons. The first-order valence-electron chi connectivity index (χ1n) is 10.9. The molecule has 1 amide bonds. The number of hydrogen-bond donors (Lipinski definition) is 1. The Bertz CT molecular complexity index is 985. The number of aryl methyl sites for hydroxylation is 1. The first-order valence-corrected chi connectivity index (χ1v) is 10.9. The molecule has 1 aliphatic rings. The molecule has 30 heavy (non-hydrogen) atoms. The fraction of sp³-hybridized carbons (Fsp3) is 0.346. The summed E-state index contributed by atoms with van der Waals surface area (Å²) in [5, 5.41) is 5.73. The molecular formula is C26H31N3O. The van der Waals surface area contributed by atoms with Crippen LogP contribution in [0, 0.1) is 6.92 Å². The Hall–Kier alpha value is -2.69. The molecule has 4 rings (SSSR count). The maximum atomic E-state index is 12.6. The fourth-order valence-corrected chi connectivity index (χ4v) is 4.19. The lowest BCUT2D eigenvalue weighted by Gasteiger charge is -2.37. The van der Waals surface area contributed by atoms with Crippen molar-refractivity contribution < 1.29 is 4.79 Å². The Balaban J connectivity index is 1.28. The number of nitrogens with one attached hydrogen (secondary N) is 1. The quantitative estimate of drug-likeness (QED) is 0.679. The molecule has 0 spiro atoms. The van der Waals surface area contributed by atoms with Crippen molar-refractivity contribution in [3.05, 3.63) is 83.4 Å². The van der Waals surface area contributed by atoms with Crippen molar-refractivity contribution in [2.75, 3.05) is 26.2 Å². The van der Waals surface area contributed by atoms with Crippen molar-refractivity contribution in [2.45, 2.75) is 33.0 Å². The molecule has 0 aromatic heterocycles. The van der Waals surface area contributed by atoms with E-state index < -0.39 is 0 Å². The molecular weight excluding hydrogens is 370 g/mol. The summed E-state index contributed by atoms with van der Waals surface area (Å²) < 4.78 is 0.